The first-order valence-corrected chi connectivity index (χ1v) is 9.97. The average Bonchev–Trinajstić information content (AvgIpc) is 3.30. The smallest absolute Gasteiger partial charge is 0.252 e. The van der Waals surface area contributed by atoms with Crippen molar-refractivity contribution in [1.29, 1.82) is 0 Å². The number of alkyl halides is 6. The molecule has 0 N–H and O–H groups in total. The molecule has 0 aliphatic carbocycles. The summed E-state index contributed by atoms with van der Waals surface area (Å²) in [5, 5.41) is 3.55. The first-order valence-electron chi connectivity index (χ1n) is 9.97. The van der Waals surface area contributed by atoms with Crippen LogP contribution < -0.4 is 0 Å². The second-order valence-electron chi connectivity index (χ2n) is 7.98. The summed E-state index contributed by atoms with van der Waals surface area (Å²) in [4.78, 5) is 12.4. The van der Waals surface area contributed by atoms with Crippen molar-refractivity contribution in [2.24, 2.45) is 0 Å². The fourth-order valence-corrected chi connectivity index (χ4v) is 3.32. The van der Waals surface area contributed by atoms with Gasteiger partial charge in [0.2, 0.25) is 0 Å². The van der Waals surface area contributed by atoms with E-state index in [1.54, 1.807) is 30.3 Å². The minimum atomic E-state index is -4.59. The van der Waals surface area contributed by atoms with Crippen LogP contribution in [0.4, 0.5) is 26.3 Å². The number of aromatic nitrogens is 5. The van der Waals surface area contributed by atoms with E-state index in [0.717, 1.165) is 23.0 Å². The first kappa shape index (κ1) is 23.4. The van der Waals surface area contributed by atoms with Gasteiger partial charge in [-0.1, -0.05) is 12.1 Å². The number of hydrogen-bond acceptors (Lipinski definition) is 4. The van der Waals surface area contributed by atoms with E-state index in [1.165, 1.54) is 18.3 Å². The lowest BCUT2D eigenvalue weighted by atomic mass is 9.84. The number of halogens is 6. The lowest BCUT2D eigenvalue weighted by molar-refractivity contribution is -0.142. The van der Waals surface area contributed by atoms with Gasteiger partial charge in [-0.3, -0.25) is 9.97 Å². The highest BCUT2D eigenvalue weighted by atomic mass is 19.4. The van der Waals surface area contributed by atoms with E-state index in [2.05, 4.69) is 20.1 Å². The standard InChI is InChI=1S/C23H17F6N5/c1-21(2,17-7-4-8-20(32-17)34-12-10-18(33-34)22(24,25)26)16-6-3-5-15(31-16)14-9-11-30-19(13-14)23(27,28)29/h3-13H,1-2H3. The monoisotopic (exact) mass is 477 g/mol. The van der Waals surface area contributed by atoms with Crippen molar-refractivity contribution in [3.63, 3.8) is 0 Å². The zero-order valence-electron chi connectivity index (χ0n) is 17.9. The van der Waals surface area contributed by atoms with Gasteiger partial charge in [0.1, 0.15) is 5.69 Å². The third kappa shape index (κ3) is 4.63. The summed E-state index contributed by atoms with van der Waals surface area (Å²) in [5.41, 5.74) is -1.33. The van der Waals surface area contributed by atoms with Gasteiger partial charge in [0.15, 0.2) is 11.5 Å². The molecular formula is C23H17F6N5. The molecule has 34 heavy (non-hydrogen) atoms. The Morgan fingerprint density at radius 1 is 0.706 bits per heavy atom. The van der Waals surface area contributed by atoms with Gasteiger partial charge in [-0.25, -0.2) is 9.67 Å². The summed E-state index contributed by atoms with van der Waals surface area (Å²) in [6.07, 6.45) is -6.92. The van der Waals surface area contributed by atoms with Gasteiger partial charge < -0.3 is 0 Å². The topological polar surface area (TPSA) is 56.5 Å². The quantitative estimate of drug-likeness (QED) is 0.334. The fraction of sp³-hybridized carbons (Fsp3) is 0.217. The molecule has 0 aliphatic heterocycles. The predicted molar refractivity (Wildman–Crippen MR) is 111 cm³/mol. The Kier molecular flexibility index (Phi) is 5.66. The van der Waals surface area contributed by atoms with Crippen molar-refractivity contribution in [1.82, 2.24) is 24.7 Å². The van der Waals surface area contributed by atoms with Crippen LogP contribution in [0.1, 0.15) is 36.6 Å². The van der Waals surface area contributed by atoms with Crippen LogP contribution in [0.5, 0.6) is 0 Å². The molecule has 0 fully saturated rings. The van der Waals surface area contributed by atoms with E-state index in [4.69, 9.17) is 0 Å². The highest BCUT2D eigenvalue weighted by Crippen LogP contribution is 2.33. The van der Waals surface area contributed by atoms with Gasteiger partial charge >= 0.3 is 12.4 Å². The molecule has 0 bridgehead atoms. The summed E-state index contributed by atoms with van der Waals surface area (Å²) in [5.74, 6) is 0.182. The molecule has 0 atom stereocenters. The van der Waals surface area contributed by atoms with E-state index in [0.29, 0.717) is 17.1 Å². The summed E-state index contributed by atoms with van der Waals surface area (Å²) >= 11 is 0. The number of nitrogens with zero attached hydrogens (tertiary/aromatic N) is 5. The fourth-order valence-electron chi connectivity index (χ4n) is 3.32. The maximum Gasteiger partial charge on any atom is 0.435 e. The van der Waals surface area contributed by atoms with Crippen molar-refractivity contribution in [3.8, 4) is 17.1 Å². The van der Waals surface area contributed by atoms with Crippen LogP contribution in [-0.4, -0.2) is 24.7 Å². The maximum atomic E-state index is 13.1. The minimum absolute atomic E-state index is 0.182. The van der Waals surface area contributed by atoms with Crippen LogP contribution in [0.3, 0.4) is 0 Å². The molecule has 4 rings (SSSR count). The summed E-state index contributed by atoms with van der Waals surface area (Å²) < 4.78 is 78.9. The Balaban J connectivity index is 1.70. The average molecular weight is 477 g/mol. The third-order valence-corrected chi connectivity index (χ3v) is 5.22. The Morgan fingerprint density at radius 3 is 2.00 bits per heavy atom. The normalized spacial score (nSPS) is 12.7. The molecule has 4 heterocycles. The number of hydrogen-bond donors (Lipinski definition) is 0. The first-order chi connectivity index (χ1) is 15.9. The second-order valence-corrected chi connectivity index (χ2v) is 7.98. The molecule has 0 amide bonds. The minimum Gasteiger partial charge on any atom is -0.252 e. The second kappa shape index (κ2) is 8.23. The van der Waals surface area contributed by atoms with E-state index in [1.807, 2.05) is 13.8 Å². The van der Waals surface area contributed by atoms with Crippen LogP contribution in [0.25, 0.3) is 17.1 Å². The van der Waals surface area contributed by atoms with E-state index in [-0.39, 0.29) is 11.4 Å². The van der Waals surface area contributed by atoms with Crippen LogP contribution >= 0.6 is 0 Å². The molecule has 0 saturated carbocycles. The lowest BCUT2D eigenvalue weighted by Gasteiger charge is -2.24. The molecule has 4 aromatic rings. The highest BCUT2D eigenvalue weighted by molar-refractivity contribution is 5.59. The number of pyridine rings is 3. The van der Waals surface area contributed by atoms with Crippen molar-refractivity contribution in [2.45, 2.75) is 31.6 Å². The zero-order valence-corrected chi connectivity index (χ0v) is 17.9. The summed E-state index contributed by atoms with van der Waals surface area (Å²) in [6, 6.07) is 13.0. The van der Waals surface area contributed by atoms with Crippen molar-refractivity contribution in [2.75, 3.05) is 0 Å². The Bertz CT molecular complexity index is 1320. The predicted octanol–water partition coefficient (Wildman–Crippen LogP) is 6.09. The molecular weight excluding hydrogens is 460 g/mol. The molecule has 0 saturated heterocycles. The largest absolute Gasteiger partial charge is 0.435 e. The van der Waals surface area contributed by atoms with Gasteiger partial charge in [0.05, 0.1) is 17.1 Å². The molecule has 11 heteroatoms. The Hall–Kier alpha value is -3.76. The molecule has 0 spiro atoms. The summed E-state index contributed by atoms with van der Waals surface area (Å²) in [6.45, 7) is 3.62. The van der Waals surface area contributed by atoms with Gasteiger partial charge in [-0.2, -0.15) is 31.4 Å². The van der Waals surface area contributed by atoms with Gasteiger partial charge in [0, 0.05) is 23.4 Å². The van der Waals surface area contributed by atoms with Crippen LogP contribution in [-0.2, 0) is 17.8 Å². The van der Waals surface area contributed by atoms with E-state index >= 15 is 0 Å². The SMILES string of the molecule is CC(C)(c1cccc(-c2ccnc(C(F)(F)F)c2)n1)c1cccc(-n2ccc(C(F)(F)F)n2)n1. The van der Waals surface area contributed by atoms with Crippen molar-refractivity contribution < 1.29 is 26.3 Å². The molecule has 0 radical (unpaired) electrons. The van der Waals surface area contributed by atoms with Crippen molar-refractivity contribution in [3.05, 3.63) is 89.8 Å². The third-order valence-electron chi connectivity index (χ3n) is 5.22. The molecule has 4 aromatic heterocycles. The Morgan fingerprint density at radius 2 is 1.35 bits per heavy atom. The van der Waals surface area contributed by atoms with Crippen LogP contribution in [0, 0.1) is 0 Å². The molecule has 0 aromatic carbocycles. The molecule has 0 unspecified atom stereocenters. The van der Waals surface area contributed by atoms with Gasteiger partial charge in [-0.05, 0) is 56.3 Å². The Labute approximate surface area is 190 Å². The van der Waals surface area contributed by atoms with Crippen LogP contribution in [0.15, 0.2) is 67.0 Å². The number of rotatable bonds is 4. The molecule has 0 aliphatic rings. The maximum absolute atomic E-state index is 13.1. The van der Waals surface area contributed by atoms with Gasteiger partial charge in [0.25, 0.3) is 0 Å². The van der Waals surface area contributed by atoms with Crippen molar-refractivity contribution >= 4 is 0 Å². The van der Waals surface area contributed by atoms with Crippen LogP contribution in [0.2, 0.25) is 0 Å². The lowest BCUT2D eigenvalue weighted by Crippen LogP contribution is -2.23. The highest BCUT2D eigenvalue weighted by Gasteiger charge is 2.34. The molecule has 5 nitrogen and oxygen atoms in total. The van der Waals surface area contributed by atoms with Gasteiger partial charge in [-0.15, -0.1) is 0 Å². The summed E-state index contributed by atoms with van der Waals surface area (Å²) in [7, 11) is 0. The van der Waals surface area contributed by atoms with E-state index in [9.17, 15) is 26.3 Å². The zero-order chi connectivity index (χ0) is 24.7. The van der Waals surface area contributed by atoms with E-state index < -0.39 is 29.2 Å². The molecule has 176 valence electrons.